The number of carbonyl (C=O) groups is 3. The molecule has 1 aliphatic carbocycles. The SMILES string of the molecule is CCCOC(=O)C1CCC(C(NC(=O)OC(C)(C)C)C(=O)O)CC1. The Morgan fingerprint density at radius 2 is 1.75 bits per heavy atom. The van der Waals surface area contributed by atoms with Gasteiger partial charge in [-0.05, 0) is 58.8 Å². The van der Waals surface area contributed by atoms with E-state index in [1.165, 1.54) is 0 Å². The van der Waals surface area contributed by atoms with E-state index in [4.69, 9.17) is 9.47 Å². The summed E-state index contributed by atoms with van der Waals surface area (Å²) < 4.78 is 10.3. The lowest BCUT2D eigenvalue weighted by Gasteiger charge is -2.31. The van der Waals surface area contributed by atoms with Crippen LogP contribution in [0.3, 0.4) is 0 Å². The van der Waals surface area contributed by atoms with E-state index in [0.717, 1.165) is 6.42 Å². The summed E-state index contributed by atoms with van der Waals surface area (Å²) in [5, 5.41) is 11.8. The molecule has 0 saturated heterocycles. The molecule has 0 radical (unpaired) electrons. The first-order valence-electron chi connectivity index (χ1n) is 8.53. The number of esters is 1. The number of hydrogen-bond donors (Lipinski definition) is 2. The number of carbonyl (C=O) groups excluding carboxylic acids is 2. The zero-order valence-corrected chi connectivity index (χ0v) is 15.0. The van der Waals surface area contributed by atoms with Crippen molar-refractivity contribution in [2.45, 2.75) is 71.4 Å². The molecule has 1 fully saturated rings. The zero-order chi connectivity index (χ0) is 18.3. The molecule has 0 aromatic rings. The highest BCUT2D eigenvalue weighted by atomic mass is 16.6. The Balaban J connectivity index is 2.55. The number of ether oxygens (including phenoxy) is 2. The molecule has 1 unspecified atom stereocenters. The normalized spacial score (nSPS) is 22.3. The van der Waals surface area contributed by atoms with Crippen molar-refractivity contribution in [3.05, 3.63) is 0 Å². The molecule has 0 aliphatic heterocycles. The molecule has 24 heavy (non-hydrogen) atoms. The van der Waals surface area contributed by atoms with E-state index in [9.17, 15) is 19.5 Å². The first-order chi connectivity index (χ1) is 11.1. The van der Waals surface area contributed by atoms with Crippen LogP contribution in [0.4, 0.5) is 4.79 Å². The number of aliphatic carboxylic acids is 1. The molecule has 0 heterocycles. The minimum Gasteiger partial charge on any atom is -0.480 e. The highest BCUT2D eigenvalue weighted by Crippen LogP contribution is 2.32. The summed E-state index contributed by atoms with van der Waals surface area (Å²) in [7, 11) is 0. The standard InChI is InChI=1S/C17H29NO6/c1-5-10-23-15(21)12-8-6-11(7-9-12)13(14(19)20)18-16(22)24-17(2,3)4/h11-13H,5-10H2,1-4H3,(H,18,22)(H,19,20). The molecule has 138 valence electrons. The summed E-state index contributed by atoms with van der Waals surface area (Å²) in [4.78, 5) is 35.2. The molecule has 2 N–H and O–H groups in total. The van der Waals surface area contributed by atoms with Gasteiger partial charge in [-0.1, -0.05) is 6.92 Å². The Labute approximate surface area is 143 Å². The molecule has 0 bridgehead atoms. The third kappa shape index (κ3) is 6.76. The van der Waals surface area contributed by atoms with Crippen LogP contribution in [-0.4, -0.2) is 41.4 Å². The van der Waals surface area contributed by atoms with Crippen LogP contribution in [0.25, 0.3) is 0 Å². The average molecular weight is 343 g/mol. The topological polar surface area (TPSA) is 102 Å². The summed E-state index contributed by atoms with van der Waals surface area (Å²) in [5.74, 6) is -1.69. The quantitative estimate of drug-likeness (QED) is 0.719. The van der Waals surface area contributed by atoms with Gasteiger partial charge in [0.15, 0.2) is 0 Å². The minimum absolute atomic E-state index is 0.177. The van der Waals surface area contributed by atoms with Crippen LogP contribution >= 0.6 is 0 Å². The summed E-state index contributed by atoms with van der Waals surface area (Å²) in [6.45, 7) is 7.50. The number of carboxylic acid groups (broad SMARTS) is 1. The van der Waals surface area contributed by atoms with Crippen molar-refractivity contribution in [1.29, 1.82) is 0 Å². The fraction of sp³-hybridized carbons (Fsp3) is 0.824. The Morgan fingerprint density at radius 1 is 1.17 bits per heavy atom. The minimum atomic E-state index is -1.09. The van der Waals surface area contributed by atoms with Crippen LogP contribution in [0.5, 0.6) is 0 Å². The van der Waals surface area contributed by atoms with E-state index in [1.807, 2.05) is 6.92 Å². The Hall–Kier alpha value is -1.79. The van der Waals surface area contributed by atoms with Gasteiger partial charge in [0.25, 0.3) is 0 Å². The van der Waals surface area contributed by atoms with Crippen molar-refractivity contribution in [3.8, 4) is 0 Å². The van der Waals surface area contributed by atoms with Gasteiger partial charge < -0.3 is 19.9 Å². The second-order valence-corrected chi connectivity index (χ2v) is 7.24. The van der Waals surface area contributed by atoms with Gasteiger partial charge in [-0.2, -0.15) is 0 Å². The molecule has 1 amide bonds. The smallest absolute Gasteiger partial charge is 0.408 e. The molecule has 7 heteroatoms. The van der Waals surface area contributed by atoms with Crippen molar-refractivity contribution in [3.63, 3.8) is 0 Å². The number of alkyl carbamates (subject to hydrolysis) is 1. The zero-order valence-electron chi connectivity index (χ0n) is 15.0. The van der Waals surface area contributed by atoms with Crippen LogP contribution in [0.1, 0.15) is 59.8 Å². The van der Waals surface area contributed by atoms with E-state index in [-0.39, 0.29) is 17.8 Å². The maximum Gasteiger partial charge on any atom is 0.408 e. The number of hydrogen-bond acceptors (Lipinski definition) is 5. The fourth-order valence-electron chi connectivity index (χ4n) is 2.82. The van der Waals surface area contributed by atoms with Crippen molar-refractivity contribution in [2.24, 2.45) is 11.8 Å². The lowest BCUT2D eigenvalue weighted by molar-refractivity contribution is -0.150. The van der Waals surface area contributed by atoms with Gasteiger partial charge in [0.1, 0.15) is 11.6 Å². The van der Waals surface area contributed by atoms with Crippen LogP contribution in [0, 0.1) is 11.8 Å². The van der Waals surface area contributed by atoms with Crippen LogP contribution in [0.2, 0.25) is 0 Å². The molecule has 1 aliphatic rings. The fourth-order valence-corrected chi connectivity index (χ4v) is 2.82. The molecule has 1 atom stereocenters. The van der Waals surface area contributed by atoms with E-state index in [1.54, 1.807) is 20.8 Å². The largest absolute Gasteiger partial charge is 0.480 e. The molecule has 7 nitrogen and oxygen atoms in total. The predicted molar refractivity (Wildman–Crippen MR) is 87.5 cm³/mol. The van der Waals surface area contributed by atoms with E-state index < -0.39 is 23.7 Å². The summed E-state index contributed by atoms with van der Waals surface area (Å²) in [5.41, 5.74) is -0.687. The molecule has 0 spiro atoms. The number of rotatable bonds is 6. The highest BCUT2D eigenvalue weighted by molar-refractivity contribution is 5.80. The monoisotopic (exact) mass is 343 g/mol. The maximum absolute atomic E-state index is 11.9. The third-order valence-corrected chi connectivity index (χ3v) is 3.96. The van der Waals surface area contributed by atoms with Crippen molar-refractivity contribution >= 4 is 18.0 Å². The predicted octanol–water partition coefficient (Wildman–Crippen LogP) is 2.72. The Kier molecular flexibility index (Phi) is 7.51. The lowest BCUT2D eigenvalue weighted by Crippen LogP contribution is -2.48. The van der Waals surface area contributed by atoms with Gasteiger partial charge >= 0.3 is 18.0 Å². The summed E-state index contributed by atoms with van der Waals surface area (Å²) >= 11 is 0. The van der Waals surface area contributed by atoms with Gasteiger partial charge in [-0.25, -0.2) is 9.59 Å². The molecular weight excluding hydrogens is 314 g/mol. The van der Waals surface area contributed by atoms with Crippen LogP contribution < -0.4 is 5.32 Å². The third-order valence-electron chi connectivity index (χ3n) is 3.96. The maximum atomic E-state index is 11.9. The molecule has 1 rings (SSSR count). The Bertz CT molecular complexity index is 448. The van der Waals surface area contributed by atoms with Gasteiger partial charge in [-0.15, -0.1) is 0 Å². The summed E-state index contributed by atoms with van der Waals surface area (Å²) in [6.07, 6.45) is 2.30. The first kappa shape index (κ1) is 20.3. The average Bonchev–Trinajstić information content (AvgIpc) is 2.48. The number of nitrogens with one attached hydrogen (secondary N) is 1. The van der Waals surface area contributed by atoms with Crippen LogP contribution in [-0.2, 0) is 19.1 Å². The van der Waals surface area contributed by atoms with Gasteiger partial charge in [0, 0.05) is 0 Å². The second-order valence-electron chi connectivity index (χ2n) is 7.24. The Morgan fingerprint density at radius 3 is 2.21 bits per heavy atom. The second kappa shape index (κ2) is 8.89. The molecule has 1 saturated carbocycles. The van der Waals surface area contributed by atoms with E-state index >= 15 is 0 Å². The molecule has 0 aromatic carbocycles. The lowest BCUT2D eigenvalue weighted by atomic mass is 9.78. The van der Waals surface area contributed by atoms with Gasteiger partial charge in [-0.3, -0.25) is 4.79 Å². The highest BCUT2D eigenvalue weighted by Gasteiger charge is 2.36. The van der Waals surface area contributed by atoms with Crippen molar-refractivity contribution < 1.29 is 29.0 Å². The van der Waals surface area contributed by atoms with Crippen LogP contribution in [0.15, 0.2) is 0 Å². The molecule has 0 aromatic heterocycles. The van der Waals surface area contributed by atoms with Crippen molar-refractivity contribution in [1.82, 2.24) is 5.32 Å². The summed E-state index contributed by atoms with van der Waals surface area (Å²) in [6, 6.07) is -1.01. The van der Waals surface area contributed by atoms with Gasteiger partial charge in [0.05, 0.1) is 12.5 Å². The van der Waals surface area contributed by atoms with Gasteiger partial charge in [0.2, 0.25) is 0 Å². The van der Waals surface area contributed by atoms with Crippen molar-refractivity contribution in [2.75, 3.05) is 6.61 Å². The first-order valence-corrected chi connectivity index (χ1v) is 8.53. The molecular formula is C17H29NO6. The number of amides is 1. The van der Waals surface area contributed by atoms with E-state index in [2.05, 4.69) is 5.32 Å². The van der Waals surface area contributed by atoms with E-state index in [0.29, 0.717) is 32.3 Å². The number of carboxylic acids is 1.